The SMILES string of the molecule is CC(C)(C)c1cc(C(C)(C)C)ncn1.CC(C)(C)c1ccc(C(C)(C)C)cc1.CC(C)(C)c1ccc(C(C)(C)C)s1.CC(C)(C)c1cccc(C(C)(C)C)c1.CC(C)(C)c1ccccc1C(C)(C)C.CC(C)(C)c1ccnc(C(C)(C)C)c1.CC(C)(C)c1cnc(C(C)(C)C)s1.CC(C)(C)c1csc(C(C)(C)C)c1.CC(C)(C)n1cc[n+](C(C)(C)C)n1.Cn1nc(C(C)(C)C)c2cc(C(C)(C)C)ccc21. The van der Waals surface area contributed by atoms with Crippen molar-refractivity contribution >= 4 is 44.9 Å². The molecule has 0 amide bonds. The summed E-state index contributed by atoms with van der Waals surface area (Å²) >= 11 is 5.67. The molecule has 7 heterocycles. The van der Waals surface area contributed by atoms with Gasteiger partial charge in [0.25, 0.3) is 0 Å². The molecule has 0 N–H and O–H groups in total. The second-order valence-electron chi connectivity index (χ2n) is 59.4. The van der Waals surface area contributed by atoms with E-state index in [4.69, 9.17) is 5.10 Å². The van der Waals surface area contributed by atoms with Gasteiger partial charge in [0.2, 0.25) is 0 Å². The van der Waals surface area contributed by atoms with Gasteiger partial charge in [0, 0.05) is 88.5 Å². The van der Waals surface area contributed by atoms with Crippen molar-refractivity contribution in [1.29, 1.82) is 0 Å². The second kappa shape index (κ2) is 47.5. The van der Waals surface area contributed by atoms with Gasteiger partial charge in [-0.3, -0.25) is 9.67 Å². The molecule has 12 heteroatoms. The summed E-state index contributed by atoms with van der Waals surface area (Å²) in [6.45, 7) is 134. The summed E-state index contributed by atoms with van der Waals surface area (Å²) in [5.41, 5.74) is 22.6. The number of benzene rings is 4. The fourth-order valence-corrected chi connectivity index (χ4v) is 17.1. The molecule has 9 nitrogen and oxygen atoms in total. The third kappa shape index (κ3) is 43.6. The first kappa shape index (κ1) is 129. The Kier molecular flexibility index (Phi) is 43.7. The van der Waals surface area contributed by atoms with Crippen LogP contribution < -0.4 is 4.68 Å². The molecule has 0 unspecified atom stereocenters. The Bertz CT molecular complexity index is 4870. The van der Waals surface area contributed by atoms with Gasteiger partial charge in [0.05, 0.1) is 21.4 Å². The van der Waals surface area contributed by atoms with E-state index in [1.165, 1.54) is 96.9 Å². The molecule has 11 rings (SSSR count). The Morgan fingerprint density at radius 2 is 0.629 bits per heavy atom. The average molecular weight is 1970 g/mol. The lowest BCUT2D eigenvalue weighted by Crippen LogP contribution is -2.52. The predicted molar refractivity (Wildman–Crippen MR) is 626 cm³/mol. The van der Waals surface area contributed by atoms with Gasteiger partial charge in [0.15, 0.2) is 12.4 Å². The number of thiophene rings is 2. The van der Waals surface area contributed by atoms with Crippen LogP contribution in [0, 0.1) is 0 Å². The first-order valence-electron chi connectivity index (χ1n) is 51.8. The van der Waals surface area contributed by atoms with Gasteiger partial charge < -0.3 is 0 Å². The zero-order chi connectivity index (χ0) is 110. The van der Waals surface area contributed by atoms with E-state index in [1.54, 1.807) is 6.33 Å². The van der Waals surface area contributed by atoms with E-state index in [0.717, 1.165) is 11.4 Å². The minimum atomic E-state index is 0.0660. The van der Waals surface area contributed by atoms with Gasteiger partial charge in [-0.15, -0.1) is 43.4 Å². The molecule has 0 aliphatic carbocycles. The predicted octanol–water partition coefficient (Wildman–Crippen LogP) is 37.9. The van der Waals surface area contributed by atoms with E-state index < -0.39 is 0 Å². The van der Waals surface area contributed by atoms with Crippen LogP contribution in [0.25, 0.3) is 10.9 Å². The molecule has 0 atom stereocenters. The highest BCUT2D eigenvalue weighted by Crippen LogP contribution is 2.41. The van der Waals surface area contributed by atoms with Crippen LogP contribution in [0.3, 0.4) is 0 Å². The zero-order valence-corrected chi connectivity index (χ0v) is 104. The summed E-state index contributed by atoms with van der Waals surface area (Å²) in [6, 6.07) is 46.8. The van der Waals surface area contributed by atoms with Crippen molar-refractivity contribution in [2.24, 2.45) is 7.05 Å². The molecule has 0 fully saturated rings. The molecule has 784 valence electrons. The van der Waals surface area contributed by atoms with E-state index in [-0.39, 0.29) is 86.9 Å². The summed E-state index contributed by atoms with van der Waals surface area (Å²) in [5, 5.41) is 14.0. The van der Waals surface area contributed by atoms with Crippen molar-refractivity contribution in [3.63, 3.8) is 0 Å². The van der Waals surface area contributed by atoms with Crippen LogP contribution >= 0.6 is 34.0 Å². The molecule has 7 aromatic heterocycles. The van der Waals surface area contributed by atoms with Crippen molar-refractivity contribution in [3.05, 3.63) is 261 Å². The first-order valence-corrected chi connectivity index (χ1v) is 54.3. The fourth-order valence-electron chi connectivity index (χ4n) is 13.7. The van der Waals surface area contributed by atoms with Gasteiger partial charge in [-0.05, 0) is 216 Å². The zero-order valence-electron chi connectivity index (χ0n) is 102. The normalized spacial score (nSPS) is 13.2. The molecular weight excluding hydrogens is 1760 g/mol. The highest BCUT2D eigenvalue weighted by Gasteiger charge is 2.32. The van der Waals surface area contributed by atoms with Gasteiger partial charge in [-0.1, -0.05) is 453 Å². The van der Waals surface area contributed by atoms with E-state index >= 15 is 0 Å². The molecule has 140 heavy (non-hydrogen) atoms. The molecule has 0 saturated carbocycles. The molecule has 0 aliphatic rings. The van der Waals surface area contributed by atoms with Crippen LogP contribution in [0.5, 0.6) is 0 Å². The fraction of sp³-hybridized carbons (Fsp3) is 0.633. The Morgan fingerprint density at radius 3 is 0.907 bits per heavy atom. The number of pyridine rings is 1. The minimum Gasteiger partial charge on any atom is -0.268 e. The molecular formula is C128H210N9S3+. The molecule has 0 spiro atoms. The average Bonchev–Trinajstić information content (AvgIpc) is 1.61. The van der Waals surface area contributed by atoms with Crippen molar-refractivity contribution in [2.45, 2.75) is 524 Å². The number of hydrogen-bond donors (Lipinski definition) is 0. The lowest BCUT2D eigenvalue weighted by Gasteiger charge is -2.29. The Hall–Kier alpha value is -7.25. The Balaban J connectivity index is 0.000000527. The standard InChI is InChI=1S/C16H24N2.3C14H22.C13H21N.C12H20N2.2C12H20S.C11H19NS.C10H20N3/c1-15(2,3)11-8-9-13-12(10-11)14(16(4,5)6)17-18(13)7;1-13(2,3)11-7-9-12(10-8-11)14(4,5)6;1-13(2,3)11-8-7-9-12(10-11)14(4,5)6;1-13(2,3)11-9-7-8-10-12(11)14(4,5)6;1-12(2,3)10-7-8-14-11(9-10)13(4,5)6;1-11(2,3)9-7-10(12(4,5)6)14-8-13-9;1-11(2,3)9-7-10(13-8-9)12(4,5)6;1-11(2,3)9-7-8-10(13-9)12(4,5)6;1-10(2,3)8-7-12-9(13-8)11(4,5)6;1-9(2,3)12-7-8-13(11-12)10(4,5)6/h8-10H,1-7H3;3*7-10H,1-6H3;7-9H,1-6H3;7-8H,1-6H3;2*7-8H,1-6H3;7H,1-6H3;7-8H,1-6H3/q;;;;;;;;;+1. The number of hydrogen-bond acceptors (Lipinski definition) is 9. The number of aromatic nitrogens is 9. The summed E-state index contributed by atoms with van der Waals surface area (Å²) in [5.74, 6) is 0. The Morgan fingerprint density at radius 1 is 0.271 bits per heavy atom. The van der Waals surface area contributed by atoms with Crippen molar-refractivity contribution < 1.29 is 4.68 Å². The number of fused-ring (bicyclic) bond motifs is 1. The quantitative estimate of drug-likeness (QED) is 0.141. The lowest BCUT2D eigenvalue weighted by atomic mass is 9.75. The van der Waals surface area contributed by atoms with Gasteiger partial charge in [0.1, 0.15) is 17.4 Å². The largest absolute Gasteiger partial charge is 0.268 e. The van der Waals surface area contributed by atoms with Crippen LogP contribution in [0.4, 0.5) is 0 Å². The third-order valence-corrected chi connectivity index (χ3v) is 29.0. The monoisotopic (exact) mass is 1970 g/mol. The number of rotatable bonds is 0. The molecule has 0 saturated heterocycles. The smallest absolute Gasteiger partial charge is 0.155 e. The summed E-state index contributed by atoms with van der Waals surface area (Å²) in [6.07, 6.45) is 9.64. The maximum atomic E-state index is 4.70. The number of thiazole rings is 1. The van der Waals surface area contributed by atoms with Gasteiger partial charge in [-0.25, -0.2) is 15.0 Å². The van der Waals surface area contributed by atoms with Gasteiger partial charge >= 0.3 is 0 Å². The Labute approximate surface area is 875 Å². The first-order chi connectivity index (χ1) is 62.0. The van der Waals surface area contributed by atoms with E-state index in [2.05, 4.69) is 573 Å². The number of nitrogens with zero attached hydrogens (tertiary/aromatic N) is 9. The maximum absolute atomic E-state index is 4.70. The van der Waals surface area contributed by atoms with Crippen molar-refractivity contribution in [2.75, 3.05) is 0 Å². The lowest BCUT2D eigenvalue weighted by molar-refractivity contribution is -0.807. The summed E-state index contributed by atoms with van der Waals surface area (Å²) in [7, 11) is 2.02. The minimum absolute atomic E-state index is 0.0660. The second-order valence-corrected chi connectivity index (χ2v) is 62.5. The van der Waals surface area contributed by atoms with Crippen molar-refractivity contribution in [3.8, 4) is 0 Å². The molecule has 0 bridgehead atoms. The molecule has 0 radical (unpaired) electrons. The maximum Gasteiger partial charge on any atom is 0.155 e. The third-order valence-electron chi connectivity index (χ3n) is 23.9. The van der Waals surface area contributed by atoms with E-state index in [0.29, 0.717) is 21.7 Å². The highest BCUT2D eigenvalue weighted by molar-refractivity contribution is 7.12. The van der Waals surface area contributed by atoms with Crippen LogP contribution in [-0.2, 0) is 116 Å². The van der Waals surface area contributed by atoms with Crippen LogP contribution in [-0.4, -0.2) is 39.6 Å². The van der Waals surface area contributed by atoms with Crippen LogP contribution in [0.2, 0.25) is 0 Å². The van der Waals surface area contributed by atoms with E-state index in [1.807, 2.05) is 79.9 Å². The van der Waals surface area contributed by atoms with E-state index in [9.17, 15) is 0 Å². The molecule has 4 aromatic carbocycles. The van der Waals surface area contributed by atoms with Crippen molar-refractivity contribution in [1.82, 2.24) is 39.6 Å². The topological polar surface area (TPSA) is 91.1 Å². The van der Waals surface area contributed by atoms with Crippen LogP contribution in [0.15, 0.2) is 164 Å². The highest BCUT2D eigenvalue weighted by atomic mass is 32.1. The summed E-state index contributed by atoms with van der Waals surface area (Å²) in [4.78, 5) is 23.3. The molecule has 0 aliphatic heterocycles. The summed E-state index contributed by atoms with van der Waals surface area (Å²) < 4.78 is 5.96. The molecule has 11 aromatic rings. The van der Waals surface area contributed by atoms with Gasteiger partial charge in [-0.2, -0.15) is 5.10 Å². The van der Waals surface area contributed by atoms with Crippen LogP contribution in [0.1, 0.15) is 513 Å². The number of aryl methyl sites for hydroxylation is 1.